The number of rotatable bonds is 7. The number of hydrazone groups is 1. The third-order valence-electron chi connectivity index (χ3n) is 6.61. The molecule has 4 aromatic rings. The van der Waals surface area contributed by atoms with Crippen LogP contribution < -0.4 is 5.43 Å². The third kappa shape index (κ3) is 5.91. The van der Waals surface area contributed by atoms with Crippen LogP contribution in [0.2, 0.25) is 10.0 Å². The van der Waals surface area contributed by atoms with Crippen LogP contribution in [0.25, 0.3) is 5.69 Å². The van der Waals surface area contributed by atoms with Crippen LogP contribution in [0.4, 0.5) is 0 Å². The normalized spacial score (nSPS) is 15.3. The first-order chi connectivity index (χ1) is 18.8. The van der Waals surface area contributed by atoms with E-state index in [0.29, 0.717) is 27.9 Å². The number of amides is 2. The molecular weight excluding hydrogens is 551 g/mol. The molecule has 0 unspecified atom stereocenters. The van der Waals surface area contributed by atoms with E-state index in [1.807, 2.05) is 77.9 Å². The fraction of sp³-hybridized carbons (Fsp3) is 0.167. The molecule has 5 rings (SSSR count). The minimum Gasteiger partial charge on any atom is -0.322 e. The number of hydrogen-bond acceptors (Lipinski definition) is 4. The van der Waals surface area contributed by atoms with Gasteiger partial charge in [-0.05, 0) is 61.4 Å². The lowest BCUT2D eigenvalue weighted by atomic mass is 10.1. The van der Waals surface area contributed by atoms with Crippen LogP contribution in [0.5, 0.6) is 0 Å². The number of aromatic nitrogens is 1. The van der Waals surface area contributed by atoms with E-state index in [4.69, 9.17) is 23.2 Å². The summed E-state index contributed by atoms with van der Waals surface area (Å²) in [6, 6.07) is 24.6. The molecule has 198 valence electrons. The highest BCUT2D eigenvalue weighted by Crippen LogP contribution is 2.39. The van der Waals surface area contributed by atoms with Crippen molar-refractivity contribution in [3.63, 3.8) is 0 Å². The fourth-order valence-electron chi connectivity index (χ4n) is 4.65. The first kappa shape index (κ1) is 27.1. The molecule has 6 nitrogen and oxygen atoms in total. The van der Waals surface area contributed by atoms with Gasteiger partial charge in [-0.25, -0.2) is 5.43 Å². The number of benzene rings is 3. The van der Waals surface area contributed by atoms with E-state index in [1.165, 1.54) is 0 Å². The lowest BCUT2D eigenvalue weighted by Gasteiger charge is -2.24. The molecule has 2 amide bonds. The van der Waals surface area contributed by atoms with Crippen molar-refractivity contribution in [2.45, 2.75) is 25.8 Å². The first-order valence-corrected chi connectivity index (χ1v) is 14.1. The molecule has 1 aromatic heterocycles. The molecule has 9 heteroatoms. The van der Waals surface area contributed by atoms with Gasteiger partial charge in [0.2, 0.25) is 5.91 Å². The molecule has 1 aliphatic heterocycles. The highest BCUT2D eigenvalue weighted by Gasteiger charge is 2.32. The summed E-state index contributed by atoms with van der Waals surface area (Å²) in [5.74, 6) is 0.237. The molecule has 2 heterocycles. The Morgan fingerprint density at radius 1 is 1.05 bits per heavy atom. The largest absolute Gasteiger partial charge is 0.322 e. The van der Waals surface area contributed by atoms with Gasteiger partial charge in [-0.1, -0.05) is 65.7 Å². The van der Waals surface area contributed by atoms with Gasteiger partial charge in [0.15, 0.2) is 0 Å². The Hall–Kier alpha value is -3.52. The van der Waals surface area contributed by atoms with E-state index >= 15 is 0 Å². The summed E-state index contributed by atoms with van der Waals surface area (Å²) >= 11 is 14.2. The third-order valence-corrected chi connectivity index (χ3v) is 8.42. The quantitative estimate of drug-likeness (QED) is 0.191. The Balaban J connectivity index is 1.26. The summed E-state index contributed by atoms with van der Waals surface area (Å²) in [6.07, 6.45) is 1.62. The molecule has 3 aromatic carbocycles. The highest BCUT2D eigenvalue weighted by atomic mass is 35.5. The van der Waals surface area contributed by atoms with E-state index in [0.717, 1.165) is 33.8 Å². The Bertz CT molecular complexity index is 1550. The standard InChI is InChI=1S/C30H26Cl2N4O2S/c1-19-14-24(20(2)36(19)27-15-25(31)12-13-26(27)32)16-33-34-29(38)22-8-10-23(11-9-22)30-35(28(37)18-39-30)17-21-6-4-3-5-7-21/h3-16,30H,17-18H2,1-2H3,(H,34,38)/b33-16-/t30-/m0/s1. The number of aryl methyl sites for hydroxylation is 1. The van der Waals surface area contributed by atoms with Crippen LogP contribution in [0.3, 0.4) is 0 Å². The Morgan fingerprint density at radius 3 is 2.54 bits per heavy atom. The number of carbonyl (C=O) groups is 2. The second-order valence-corrected chi connectivity index (χ2v) is 11.2. The van der Waals surface area contributed by atoms with E-state index in [1.54, 1.807) is 42.2 Å². The summed E-state index contributed by atoms with van der Waals surface area (Å²) in [5, 5.41) is 5.28. The summed E-state index contributed by atoms with van der Waals surface area (Å²) in [5.41, 5.74) is 8.67. The van der Waals surface area contributed by atoms with Crippen molar-refractivity contribution in [2.24, 2.45) is 5.10 Å². The fourth-order valence-corrected chi connectivity index (χ4v) is 6.21. The molecule has 1 fully saturated rings. The number of hydrogen-bond donors (Lipinski definition) is 1. The van der Waals surface area contributed by atoms with Crippen molar-refractivity contribution in [1.82, 2.24) is 14.9 Å². The number of nitrogens with zero attached hydrogens (tertiary/aromatic N) is 3. The predicted molar refractivity (Wildman–Crippen MR) is 159 cm³/mol. The zero-order valence-electron chi connectivity index (χ0n) is 21.4. The maximum absolute atomic E-state index is 12.8. The molecule has 1 saturated heterocycles. The van der Waals surface area contributed by atoms with Crippen LogP contribution >= 0.6 is 35.0 Å². The monoisotopic (exact) mass is 576 g/mol. The Kier molecular flexibility index (Phi) is 8.12. The highest BCUT2D eigenvalue weighted by molar-refractivity contribution is 8.00. The number of carbonyl (C=O) groups excluding carboxylic acids is 2. The summed E-state index contributed by atoms with van der Waals surface area (Å²) in [7, 11) is 0. The summed E-state index contributed by atoms with van der Waals surface area (Å²) in [6.45, 7) is 4.48. The van der Waals surface area contributed by atoms with Crippen LogP contribution in [0.1, 0.15) is 43.8 Å². The minimum atomic E-state index is -0.319. The number of nitrogens with one attached hydrogen (secondary N) is 1. The van der Waals surface area contributed by atoms with Crippen molar-refractivity contribution in [1.29, 1.82) is 0 Å². The minimum absolute atomic E-state index is 0.0870. The molecular formula is C30H26Cl2N4O2S. The zero-order chi connectivity index (χ0) is 27.5. The lowest BCUT2D eigenvalue weighted by molar-refractivity contribution is -0.128. The van der Waals surface area contributed by atoms with Crippen LogP contribution in [-0.2, 0) is 11.3 Å². The van der Waals surface area contributed by atoms with Gasteiger partial charge in [0.1, 0.15) is 5.37 Å². The smallest absolute Gasteiger partial charge is 0.271 e. The zero-order valence-corrected chi connectivity index (χ0v) is 23.7. The predicted octanol–water partition coefficient (Wildman–Crippen LogP) is 6.94. The second-order valence-electron chi connectivity index (χ2n) is 9.25. The molecule has 0 saturated carbocycles. The van der Waals surface area contributed by atoms with Crippen molar-refractivity contribution >= 4 is 53.0 Å². The van der Waals surface area contributed by atoms with E-state index in [2.05, 4.69) is 10.5 Å². The maximum Gasteiger partial charge on any atom is 0.271 e. The van der Waals surface area contributed by atoms with E-state index in [9.17, 15) is 9.59 Å². The van der Waals surface area contributed by atoms with E-state index < -0.39 is 0 Å². The van der Waals surface area contributed by atoms with Crippen LogP contribution in [0, 0.1) is 13.8 Å². The molecule has 0 aliphatic carbocycles. The molecule has 39 heavy (non-hydrogen) atoms. The molecule has 1 aliphatic rings. The SMILES string of the molecule is Cc1cc(/C=N\NC(=O)c2ccc([C@@H]3SCC(=O)N3Cc3ccccc3)cc2)c(C)n1-c1cc(Cl)ccc1Cl. The summed E-state index contributed by atoms with van der Waals surface area (Å²) < 4.78 is 2.00. The average Bonchev–Trinajstić information content (AvgIpc) is 3.43. The molecule has 1 N–H and O–H groups in total. The molecule has 0 radical (unpaired) electrons. The van der Waals surface area contributed by atoms with Gasteiger partial charge in [-0.3, -0.25) is 9.59 Å². The van der Waals surface area contributed by atoms with Gasteiger partial charge in [0.25, 0.3) is 5.91 Å². The number of halogens is 2. The Labute approximate surface area is 241 Å². The van der Waals surface area contributed by atoms with E-state index in [-0.39, 0.29) is 17.2 Å². The van der Waals surface area contributed by atoms with Gasteiger partial charge in [-0.2, -0.15) is 5.10 Å². The first-order valence-electron chi connectivity index (χ1n) is 12.3. The van der Waals surface area contributed by atoms with Crippen LogP contribution in [0.15, 0.2) is 84.0 Å². The van der Waals surface area contributed by atoms with Crippen molar-refractivity contribution < 1.29 is 9.59 Å². The molecule has 0 bridgehead atoms. The van der Waals surface area contributed by atoms with Crippen molar-refractivity contribution in [3.8, 4) is 5.69 Å². The van der Waals surface area contributed by atoms with Gasteiger partial charge in [0, 0.05) is 34.1 Å². The maximum atomic E-state index is 12.8. The van der Waals surface area contributed by atoms with Crippen LogP contribution in [-0.4, -0.2) is 33.2 Å². The van der Waals surface area contributed by atoms with Gasteiger partial charge in [0.05, 0.1) is 22.7 Å². The second kappa shape index (κ2) is 11.7. The topological polar surface area (TPSA) is 66.7 Å². The van der Waals surface area contributed by atoms with Gasteiger partial charge >= 0.3 is 0 Å². The Morgan fingerprint density at radius 2 is 1.79 bits per heavy atom. The van der Waals surface area contributed by atoms with Crippen molar-refractivity contribution in [3.05, 3.63) is 123 Å². The van der Waals surface area contributed by atoms with Gasteiger partial charge in [-0.15, -0.1) is 11.8 Å². The number of thioether (sulfide) groups is 1. The average molecular weight is 578 g/mol. The molecule has 0 spiro atoms. The van der Waals surface area contributed by atoms with Gasteiger partial charge < -0.3 is 9.47 Å². The lowest BCUT2D eigenvalue weighted by Crippen LogP contribution is -2.27. The van der Waals surface area contributed by atoms with Crippen molar-refractivity contribution in [2.75, 3.05) is 5.75 Å². The summed E-state index contributed by atoms with van der Waals surface area (Å²) in [4.78, 5) is 27.2. The molecule has 1 atom stereocenters.